The van der Waals surface area contributed by atoms with Gasteiger partial charge in [-0.2, -0.15) is 0 Å². The monoisotopic (exact) mass is 326 g/mol. The van der Waals surface area contributed by atoms with Crippen molar-refractivity contribution in [1.29, 1.82) is 0 Å². The van der Waals surface area contributed by atoms with Crippen LogP contribution in [0.2, 0.25) is 0 Å². The fraction of sp³-hybridized carbons (Fsp3) is 0.368. The lowest BCUT2D eigenvalue weighted by atomic mass is 10.1. The van der Waals surface area contributed by atoms with Gasteiger partial charge in [-0.3, -0.25) is 9.59 Å². The Morgan fingerprint density at radius 2 is 2.00 bits per heavy atom. The predicted molar refractivity (Wildman–Crippen MR) is 91.8 cm³/mol. The van der Waals surface area contributed by atoms with Crippen molar-refractivity contribution in [3.05, 3.63) is 70.1 Å². The molecule has 2 aromatic rings. The molecule has 0 bridgehead atoms. The van der Waals surface area contributed by atoms with Gasteiger partial charge in [-0.05, 0) is 30.9 Å². The van der Waals surface area contributed by atoms with Crippen molar-refractivity contribution in [3.63, 3.8) is 0 Å². The third kappa shape index (κ3) is 3.92. The van der Waals surface area contributed by atoms with E-state index in [2.05, 4.69) is 5.32 Å². The molecule has 24 heavy (non-hydrogen) atoms. The number of ether oxygens (including phenoxy) is 1. The Morgan fingerprint density at radius 3 is 2.75 bits per heavy atom. The lowest BCUT2D eigenvalue weighted by Gasteiger charge is -2.21. The smallest absolute Gasteiger partial charge is 0.253 e. The molecule has 5 heteroatoms. The van der Waals surface area contributed by atoms with Gasteiger partial charge in [0.2, 0.25) is 5.56 Å². The highest BCUT2D eigenvalue weighted by Gasteiger charge is 2.29. The van der Waals surface area contributed by atoms with E-state index in [1.807, 2.05) is 30.3 Å². The quantitative estimate of drug-likeness (QED) is 0.917. The SMILES string of the molecule is Cn1cc(C(=O)N[C@@H]2CCC[C@H]2OCc2ccccc2)ccc1=O. The van der Waals surface area contributed by atoms with E-state index in [1.54, 1.807) is 19.3 Å². The van der Waals surface area contributed by atoms with Crippen molar-refractivity contribution >= 4 is 5.91 Å². The van der Waals surface area contributed by atoms with Crippen LogP contribution < -0.4 is 10.9 Å². The van der Waals surface area contributed by atoms with E-state index in [1.165, 1.54) is 10.6 Å². The number of carbonyl (C=O) groups is 1. The van der Waals surface area contributed by atoms with Crippen LogP contribution in [0.3, 0.4) is 0 Å². The molecule has 1 heterocycles. The molecule has 1 amide bonds. The number of hydrogen-bond acceptors (Lipinski definition) is 3. The van der Waals surface area contributed by atoms with Gasteiger partial charge in [0.25, 0.3) is 5.91 Å². The van der Waals surface area contributed by atoms with Gasteiger partial charge in [0.15, 0.2) is 0 Å². The summed E-state index contributed by atoms with van der Waals surface area (Å²) < 4.78 is 7.42. The molecule has 1 aromatic carbocycles. The van der Waals surface area contributed by atoms with E-state index >= 15 is 0 Å². The number of hydrogen-bond donors (Lipinski definition) is 1. The molecule has 1 saturated carbocycles. The van der Waals surface area contributed by atoms with Crippen molar-refractivity contribution in [1.82, 2.24) is 9.88 Å². The van der Waals surface area contributed by atoms with Gasteiger partial charge in [0.05, 0.1) is 24.3 Å². The Kier molecular flexibility index (Phi) is 5.11. The summed E-state index contributed by atoms with van der Waals surface area (Å²) in [5, 5.41) is 3.05. The fourth-order valence-corrected chi connectivity index (χ4v) is 3.05. The predicted octanol–water partition coefficient (Wildman–Crippen LogP) is 2.25. The number of carbonyl (C=O) groups excluding carboxylic acids is 1. The third-order valence-electron chi connectivity index (χ3n) is 4.42. The van der Waals surface area contributed by atoms with Gasteiger partial charge in [0, 0.05) is 19.3 Å². The largest absolute Gasteiger partial charge is 0.371 e. The Balaban J connectivity index is 1.59. The van der Waals surface area contributed by atoms with Crippen LogP contribution in [0.1, 0.15) is 35.2 Å². The van der Waals surface area contributed by atoms with Crippen molar-refractivity contribution < 1.29 is 9.53 Å². The summed E-state index contributed by atoms with van der Waals surface area (Å²) in [6, 6.07) is 13.0. The van der Waals surface area contributed by atoms with Crippen LogP contribution >= 0.6 is 0 Å². The molecule has 1 aliphatic carbocycles. The Hall–Kier alpha value is -2.40. The number of pyridine rings is 1. The van der Waals surface area contributed by atoms with Gasteiger partial charge in [-0.15, -0.1) is 0 Å². The molecule has 1 aliphatic rings. The maximum absolute atomic E-state index is 12.4. The molecule has 0 radical (unpaired) electrons. The molecular weight excluding hydrogens is 304 g/mol. The third-order valence-corrected chi connectivity index (χ3v) is 4.42. The number of aromatic nitrogens is 1. The average molecular weight is 326 g/mol. The highest BCUT2D eigenvalue weighted by molar-refractivity contribution is 5.94. The fourth-order valence-electron chi connectivity index (χ4n) is 3.05. The van der Waals surface area contributed by atoms with E-state index in [4.69, 9.17) is 4.74 Å². The normalized spacial score (nSPS) is 20.0. The van der Waals surface area contributed by atoms with Crippen molar-refractivity contribution in [2.24, 2.45) is 7.05 Å². The molecule has 0 aliphatic heterocycles. The zero-order valence-electron chi connectivity index (χ0n) is 13.8. The second-order valence-electron chi connectivity index (χ2n) is 6.21. The van der Waals surface area contributed by atoms with Gasteiger partial charge in [-0.1, -0.05) is 30.3 Å². The summed E-state index contributed by atoms with van der Waals surface area (Å²) in [6.07, 6.45) is 4.49. The first-order valence-corrected chi connectivity index (χ1v) is 8.26. The number of aryl methyl sites for hydroxylation is 1. The minimum absolute atomic E-state index is 0.0125. The Labute approximate surface area is 141 Å². The molecule has 1 N–H and O–H groups in total. The van der Waals surface area contributed by atoms with Crippen LogP contribution in [0.5, 0.6) is 0 Å². The summed E-state index contributed by atoms with van der Waals surface area (Å²) in [4.78, 5) is 23.8. The summed E-state index contributed by atoms with van der Waals surface area (Å²) in [5.74, 6) is -0.161. The molecule has 0 saturated heterocycles. The molecule has 126 valence electrons. The number of rotatable bonds is 5. The lowest BCUT2D eigenvalue weighted by molar-refractivity contribution is 0.0272. The first-order valence-electron chi connectivity index (χ1n) is 8.26. The van der Waals surface area contributed by atoms with E-state index in [0.29, 0.717) is 12.2 Å². The van der Waals surface area contributed by atoms with Crippen LogP contribution in [-0.2, 0) is 18.4 Å². The number of nitrogens with one attached hydrogen (secondary N) is 1. The van der Waals surface area contributed by atoms with Crippen molar-refractivity contribution in [2.45, 2.75) is 38.0 Å². The summed E-state index contributed by atoms with van der Waals surface area (Å²) in [7, 11) is 1.64. The van der Waals surface area contributed by atoms with Crippen LogP contribution in [0.15, 0.2) is 53.5 Å². The molecular formula is C19H22N2O3. The Bertz CT molecular complexity index is 755. The van der Waals surface area contributed by atoms with Gasteiger partial charge in [0.1, 0.15) is 0 Å². The van der Waals surface area contributed by atoms with Gasteiger partial charge in [-0.25, -0.2) is 0 Å². The van der Waals surface area contributed by atoms with Crippen LogP contribution in [0.4, 0.5) is 0 Å². The Morgan fingerprint density at radius 1 is 1.21 bits per heavy atom. The molecule has 3 rings (SSSR count). The maximum atomic E-state index is 12.4. The van der Waals surface area contributed by atoms with E-state index in [0.717, 1.165) is 24.8 Å². The van der Waals surface area contributed by atoms with Crippen LogP contribution in [0, 0.1) is 0 Å². The van der Waals surface area contributed by atoms with Crippen molar-refractivity contribution in [2.75, 3.05) is 0 Å². The standard InChI is InChI=1S/C19H22N2O3/c1-21-12-15(10-11-18(21)22)19(23)20-16-8-5-9-17(16)24-13-14-6-3-2-4-7-14/h2-4,6-7,10-12,16-17H,5,8-9,13H2,1H3,(H,20,23)/t16-,17-/m1/s1. The molecule has 2 atom stereocenters. The van der Waals surface area contributed by atoms with Crippen LogP contribution in [0.25, 0.3) is 0 Å². The highest BCUT2D eigenvalue weighted by Crippen LogP contribution is 2.23. The second-order valence-corrected chi connectivity index (χ2v) is 6.21. The number of amides is 1. The molecule has 1 aromatic heterocycles. The molecule has 1 fully saturated rings. The number of benzene rings is 1. The first-order chi connectivity index (χ1) is 11.6. The minimum Gasteiger partial charge on any atom is -0.371 e. The summed E-state index contributed by atoms with van der Waals surface area (Å²) in [6.45, 7) is 0.553. The summed E-state index contributed by atoms with van der Waals surface area (Å²) in [5.41, 5.74) is 1.50. The van der Waals surface area contributed by atoms with E-state index < -0.39 is 0 Å². The van der Waals surface area contributed by atoms with Gasteiger partial charge >= 0.3 is 0 Å². The topological polar surface area (TPSA) is 60.3 Å². The van der Waals surface area contributed by atoms with Crippen molar-refractivity contribution in [3.8, 4) is 0 Å². The van der Waals surface area contributed by atoms with E-state index in [-0.39, 0.29) is 23.6 Å². The maximum Gasteiger partial charge on any atom is 0.253 e. The average Bonchev–Trinajstić information content (AvgIpc) is 3.03. The van der Waals surface area contributed by atoms with Crippen LogP contribution in [-0.4, -0.2) is 22.6 Å². The minimum atomic E-state index is -0.161. The molecule has 0 unspecified atom stereocenters. The molecule has 0 spiro atoms. The second kappa shape index (κ2) is 7.45. The summed E-state index contributed by atoms with van der Waals surface area (Å²) >= 11 is 0. The zero-order valence-corrected chi connectivity index (χ0v) is 13.8. The van der Waals surface area contributed by atoms with E-state index in [9.17, 15) is 9.59 Å². The first kappa shape index (κ1) is 16.5. The lowest BCUT2D eigenvalue weighted by Crippen LogP contribution is -2.41. The zero-order chi connectivity index (χ0) is 16.9. The number of nitrogens with zero attached hydrogens (tertiary/aromatic N) is 1. The molecule has 5 nitrogen and oxygen atoms in total. The van der Waals surface area contributed by atoms with Gasteiger partial charge < -0.3 is 14.6 Å². The highest BCUT2D eigenvalue weighted by atomic mass is 16.5.